The highest BCUT2D eigenvalue weighted by Crippen LogP contribution is 2.35. The SMILES string of the molecule is C=CC(/C=C/C(C)(C)C)=C\C=C(/C)C(Cc1ccc(C(=O)NCCS(=O)(=O)O)cc1)C(=O)Nc1ccc2c(c1)C(=O)CC(C)(C)O2. The Morgan fingerprint density at radius 2 is 1.78 bits per heavy atom. The average molecular weight is 649 g/mol. The fourth-order valence-corrected chi connectivity index (χ4v) is 5.09. The van der Waals surface area contributed by atoms with Crippen LogP contribution in [0.15, 0.2) is 90.6 Å². The molecule has 0 bridgehead atoms. The van der Waals surface area contributed by atoms with Crippen LogP contribution >= 0.6 is 0 Å². The van der Waals surface area contributed by atoms with Crippen LogP contribution in [-0.4, -0.2) is 48.5 Å². The highest BCUT2D eigenvalue weighted by atomic mass is 32.2. The summed E-state index contributed by atoms with van der Waals surface area (Å²) in [6.07, 6.45) is 10.1. The molecule has 2 aromatic carbocycles. The molecule has 1 heterocycles. The molecule has 0 saturated carbocycles. The molecule has 0 saturated heterocycles. The summed E-state index contributed by atoms with van der Waals surface area (Å²) >= 11 is 0. The predicted octanol–water partition coefficient (Wildman–Crippen LogP) is 6.51. The fraction of sp³-hybridized carbons (Fsp3) is 0.361. The summed E-state index contributed by atoms with van der Waals surface area (Å²) in [5.74, 6) is -1.52. The van der Waals surface area contributed by atoms with E-state index in [4.69, 9.17) is 9.29 Å². The molecule has 1 unspecified atom stereocenters. The third kappa shape index (κ3) is 11.3. The van der Waals surface area contributed by atoms with Gasteiger partial charge in [0.25, 0.3) is 16.0 Å². The highest BCUT2D eigenvalue weighted by Gasteiger charge is 2.33. The van der Waals surface area contributed by atoms with Crippen LogP contribution in [0.3, 0.4) is 0 Å². The van der Waals surface area contributed by atoms with Gasteiger partial charge in [0.15, 0.2) is 5.78 Å². The number of hydrogen-bond donors (Lipinski definition) is 3. The molecule has 1 aliphatic heterocycles. The quantitative estimate of drug-likeness (QED) is 0.176. The molecular weight excluding hydrogens is 604 g/mol. The molecule has 0 fully saturated rings. The van der Waals surface area contributed by atoms with E-state index in [1.807, 2.05) is 39.0 Å². The van der Waals surface area contributed by atoms with Crippen molar-refractivity contribution in [1.29, 1.82) is 0 Å². The van der Waals surface area contributed by atoms with Crippen LogP contribution in [0.25, 0.3) is 0 Å². The van der Waals surface area contributed by atoms with Crippen molar-refractivity contribution in [3.05, 3.63) is 107 Å². The zero-order chi connectivity index (χ0) is 34.3. The van der Waals surface area contributed by atoms with E-state index in [9.17, 15) is 22.8 Å². The number of allylic oxidation sites excluding steroid dienone is 6. The van der Waals surface area contributed by atoms with Crippen molar-refractivity contribution >= 4 is 33.4 Å². The number of carbonyl (C=O) groups excluding carboxylic acids is 3. The molecule has 9 nitrogen and oxygen atoms in total. The Morgan fingerprint density at radius 3 is 2.39 bits per heavy atom. The standard InChI is InChI=1S/C36H44N2O7S/c1-8-25(17-18-35(3,4)5)10-9-24(2)29(21-26-11-13-27(14-12-26)33(40)37-19-20-46(42,43)44)34(41)38-28-15-16-32-30(22-28)31(39)23-36(6,7)45-32/h8-18,22,29H,1,19-21,23H2,2-7H3,(H,37,40)(H,38,41)(H,42,43,44)/b18-17+,24-9+,25-10+. The largest absolute Gasteiger partial charge is 0.487 e. The number of hydrogen-bond acceptors (Lipinski definition) is 6. The van der Waals surface area contributed by atoms with Gasteiger partial charge in [-0.15, -0.1) is 0 Å². The third-order valence-electron chi connectivity index (χ3n) is 7.24. The van der Waals surface area contributed by atoms with Crippen molar-refractivity contribution in [1.82, 2.24) is 5.32 Å². The molecule has 1 aliphatic rings. The normalized spacial score (nSPS) is 15.9. The topological polar surface area (TPSA) is 139 Å². The number of ether oxygens (including phenoxy) is 1. The fourth-order valence-electron chi connectivity index (χ4n) is 4.73. The van der Waals surface area contributed by atoms with E-state index < -0.39 is 33.3 Å². The number of anilines is 1. The summed E-state index contributed by atoms with van der Waals surface area (Å²) in [4.78, 5) is 39.0. The first kappa shape index (κ1) is 36.2. The highest BCUT2D eigenvalue weighted by molar-refractivity contribution is 7.85. The van der Waals surface area contributed by atoms with Gasteiger partial charge in [-0.05, 0) is 74.1 Å². The summed E-state index contributed by atoms with van der Waals surface area (Å²) in [7, 11) is -4.19. The summed E-state index contributed by atoms with van der Waals surface area (Å²) < 4.78 is 36.7. The van der Waals surface area contributed by atoms with Gasteiger partial charge in [-0.3, -0.25) is 18.9 Å². The van der Waals surface area contributed by atoms with Crippen LogP contribution in [0.2, 0.25) is 0 Å². The Hall–Kier alpha value is -4.28. The monoisotopic (exact) mass is 648 g/mol. The van der Waals surface area contributed by atoms with Crippen LogP contribution < -0.4 is 15.4 Å². The van der Waals surface area contributed by atoms with Gasteiger partial charge < -0.3 is 15.4 Å². The Morgan fingerprint density at radius 1 is 1.11 bits per heavy atom. The van der Waals surface area contributed by atoms with Gasteiger partial charge in [0, 0.05) is 17.8 Å². The number of amides is 2. The zero-order valence-electron chi connectivity index (χ0n) is 27.3. The first-order valence-corrected chi connectivity index (χ1v) is 16.7. The summed E-state index contributed by atoms with van der Waals surface area (Å²) in [6.45, 7) is 15.6. The van der Waals surface area contributed by atoms with Crippen molar-refractivity contribution < 1.29 is 32.1 Å². The molecule has 2 aromatic rings. The van der Waals surface area contributed by atoms with Crippen LogP contribution in [-0.2, 0) is 21.3 Å². The average Bonchev–Trinajstić information content (AvgIpc) is 2.94. The van der Waals surface area contributed by atoms with Gasteiger partial charge in [0.2, 0.25) is 5.91 Å². The number of ketones is 1. The van der Waals surface area contributed by atoms with Gasteiger partial charge in [0.1, 0.15) is 11.4 Å². The molecule has 1 atom stereocenters. The number of benzene rings is 2. The molecule has 3 rings (SSSR count). The minimum atomic E-state index is -4.19. The molecule has 0 aromatic heterocycles. The van der Waals surface area contributed by atoms with E-state index in [-0.39, 0.29) is 30.1 Å². The molecule has 46 heavy (non-hydrogen) atoms. The van der Waals surface area contributed by atoms with E-state index in [2.05, 4.69) is 44.1 Å². The molecule has 10 heteroatoms. The lowest BCUT2D eigenvalue weighted by Crippen LogP contribution is -2.36. The van der Waals surface area contributed by atoms with Crippen molar-refractivity contribution in [2.45, 2.75) is 60.0 Å². The van der Waals surface area contributed by atoms with E-state index in [1.165, 1.54) is 0 Å². The molecule has 246 valence electrons. The lowest BCUT2D eigenvalue weighted by atomic mass is 9.90. The second-order valence-electron chi connectivity index (χ2n) is 13.1. The molecular formula is C36H44N2O7S. The Kier molecular flexibility index (Phi) is 11.7. The second-order valence-corrected chi connectivity index (χ2v) is 14.7. The van der Waals surface area contributed by atoms with Crippen molar-refractivity contribution in [3.8, 4) is 5.75 Å². The molecule has 2 amide bonds. The van der Waals surface area contributed by atoms with Gasteiger partial charge >= 0.3 is 0 Å². The summed E-state index contributed by atoms with van der Waals surface area (Å²) in [5.41, 5.74) is 3.06. The lowest BCUT2D eigenvalue weighted by molar-refractivity contribution is -0.118. The summed E-state index contributed by atoms with van der Waals surface area (Å²) in [6, 6.07) is 11.7. The predicted molar refractivity (Wildman–Crippen MR) is 182 cm³/mol. The van der Waals surface area contributed by atoms with E-state index in [1.54, 1.807) is 48.5 Å². The van der Waals surface area contributed by atoms with E-state index in [0.717, 1.165) is 16.7 Å². The smallest absolute Gasteiger partial charge is 0.266 e. The molecule has 0 aliphatic carbocycles. The Labute approximate surface area is 272 Å². The summed E-state index contributed by atoms with van der Waals surface area (Å²) in [5, 5.41) is 5.43. The second kappa shape index (κ2) is 14.9. The molecule has 0 radical (unpaired) electrons. The number of fused-ring (bicyclic) bond motifs is 1. The molecule has 3 N–H and O–H groups in total. The minimum absolute atomic E-state index is 0.0140. The zero-order valence-corrected chi connectivity index (χ0v) is 28.2. The van der Waals surface area contributed by atoms with Gasteiger partial charge in [-0.25, -0.2) is 0 Å². The maximum Gasteiger partial charge on any atom is 0.266 e. The van der Waals surface area contributed by atoms with Crippen molar-refractivity contribution in [2.24, 2.45) is 11.3 Å². The number of rotatable bonds is 12. The van der Waals surface area contributed by atoms with E-state index in [0.29, 0.717) is 29.0 Å². The van der Waals surface area contributed by atoms with Gasteiger partial charge in [-0.1, -0.05) is 75.4 Å². The van der Waals surface area contributed by atoms with Gasteiger partial charge in [-0.2, -0.15) is 8.42 Å². The Balaban J connectivity index is 1.87. The number of carbonyl (C=O) groups is 3. The van der Waals surface area contributed by atoms with Crippen LogP contribution in [0.1, 0.15) is 74.2 Å². The van der Waals surface area contributed by atoms with Crippen LogP contribution in [0.4, 0.5) is 5.69 Å². The third-order valence-corrected chi connectivity index (χ3v) is 7.96. The maximum absolute atomic E-state index is 13.8. The molecule has 0 spiro atoms. The number of Topliss-reactive ketones (excluding diaryl/α,β-unsaturated/α-hetero) is 1. The van der Waals surface area contributed by atoms with E-state index >= 15 is 0 Å². The van der Waals surface area contributed by atoms with Crippen molar-refractivity contribution in [2.75, 3.05) is 17.6 Å². The minimum Gasteiger partial charge on any atom is -0.487 e. The van der Waals surface area contributed by atoms with Crippen LogP contribution in [0, 0.1) is 11.3 Å². The lowest BCUT2D eigenvalue weighted by Gasteiger charge is -2.31. The first-order chi connectivity index (χ1) is 21.4. The van der Waals surface area contributed by atoms with Gasteiger partial charge in [0.05, 0.1) is 23.7 Å². The first-order valence-electron chi connectivity index (χ1n) is 15.1. The van der Waals surface area contributed by atoms with Crippen molar-refractivity contribution in [3.63, 3.8) is 0 Å². The maximum atomic E-state index is 13.8. The van der Waals surface area contributed by atoms with Crippen LogP contribution in [0.5, 0.6) is 5.75 Å². The Bertz CT molecular complexity index is 1680. The number of nitrogens with one attached hydrogen (secondary N) is 2.